The van der Waals surface area contributed by atoms with Crippen molar-refractivity contribution in [3.63, 3.8) is 0 Å². The Kier molecular flexibility index (Phi) is 4.18. The van der Waals surface area contributed by atoms with Crippen LogP contribution in [0.2, 0.25) is 0 Å². The maximum Gasteiger partial charge on any atom is 0.308 e. The largest absolute Gasteiger partial charge is 0.481 e. The van der Waals surface area contributed by atoms with Crippen molar-refractivity contribution in [1.29, 1.82) is 0 Å². The summed E-state index contributed by atoms with van der Waals surface area (Å²) in [6.07, 6.45) is 3.66. The topological polar surface area (TPSA) is 101 Å². The molecule has 27 heavy (non-hydrogen) atoms. The molecular formula is C19H20N4O4. The number of hydrogen-bond acceptors (Lipinski definition) is 5. The maximum atomic E-state index is 13.2. The van der Waals surface area contributed by atoms with Crippen LogP contribution in [0.15, 0.2) is 35.1 Å². The Labute approximate surface area is 155 Å². The van der Waals surface area contributed by atoms with Gasteiger partial charge in [-0.2, -0.15) is 5.10 Å². The molecule has 4 heterocycles. The van der Waals surface area contributed by atoms with Crippen LogP contribution in [-0.4, -0.2) is 49.7 Å². The molecule has 1 unspecified atom stereocenters. The zero-order valence-corrected chi connectivity index (χ0v) is 15.1. The van der Waals surface area contributed by atoms with Gasteiger partial charge in [-0.05, 0) is 38.5 Å². The summed E-state index contributed by atoms with van der Waals surface area (Å²) < 4.78 is 7.23. The van der Waals surface area contributed by atoms with Gasteiger partial charge < -0.3 is 14.4 Å². The van der Waals surface area contributed by atoms with Gasteiger partial charge in [0.15, 0.2) is 11.4 Å². The summed E-state index contributed by atoms with van der Waals surface area (Å²) >= 11 is 0. The summed E-state index contributed by atoms with van der Waals surface area (Å²) in [4.78, 5) is 30.6. The summed E-state index contributed by atoms with van der Waals surface area (Å²) in [6.45, 7) is 4.63. The van der Waals surface area contributed by atoms with Crippen molar-refractivity contribution in [3.8, 4) is 11.5 Å². The number of carboxylic acid groups (broad SMARTS) is 1. The molecule has 8 heteroatoms. The Morgan fingerprint density at radius 2 is 2.19 bits per heavy atom. The molecule has 1 aliphatic rings. The molecule has 0 aliphatic carbocycles. The number of carbonyl (C=O) groups excluding carboxylic acids is 1. The van der Waals surface area contributed by atoms with Crippen molar-refractivity contribution in [2.45, 2.75) is 26.3 Å². The molecule has 1 fully saturated rings. The number of rotatable bonds is 4. The third-order valence-corrected chi connectivity index (χ3v) is 4.88. The average molecular weight is 368 g/mol. The van der Waals surface area contributed by atoms with Crippen LogP contribution in [-0.2, 0) is 4.79 Å². The van der Waals surface area contributed by atoms with E-state index in [0.29, 0.717) is 41.0 Å². The number of aromatic nitrogens is 3. The highest BCUT2D eigenvalue weighted by atomic mass is 16.4. The summed E-state index contributed by atoms with van der Waals surface area (Å²) in [5.74, 6) is -1.03. The van der Waals surface area contributed by atoms with Crippen molar-refractivity contribution in [1.82, 2.24) is 19.7 Å². The first kappa shape index (κ1) is 17.3. The molecule has 0 spiro atoms. The quantitative estimate of drug-likeness (QED) is 0.760. The lowest BCUT2D eigenvalue weighted by molar-refractivity contribution is -0.141. The molecule has 1 N–H and O–H groups in total. The number of fused-ring (bicyclic) bond motifs is 1. The van der Waals surface area contributed by atoms with Crippen LogP contribution in [0.3, 0.4) is 0 Å². The number of amides is 1. The van der Waals surface area contributed by atoms with Gasteiger partial charge in [0.2, 0.25) is 0 Å². The molecule has 0 aromatic carbocycles. The summed E-state index contributed by atoms with van der Waals surface area (Å²) in [6, 6.07) is 5.33. The molecule has 0 bridgehead atoms. The Hall–Kier alpha value is -3.16. The number of likely N-dealkylation sites (tertiary alicyclic amines) is 1. The highest BCUT2D eigenvalue weighted by Crippen LogP contribution is 2.29. The van der Waals surface area contributed by atoms with E-state index in [1.807, 2.05) is 13.8 Å². The van der Waals surface area contributed by atoms with E-state index >= 15 is 0 Å². The predicted octanol–water partition coefficient (Wildman–Crippen LogP) is 2.82. The van der Waals surface area contributed by atoms with E-state index in [-0.39, 0.29) is 18.5 Å². The van der Waals surface area contributed by atoms with Crippen LogP contribution in [0, 0.1) is 5.92 Å². The van der Waals surface area contributed by atoms with Gasteiger partial charge in [0.25, 0.3) is 5.91 Å². The maximum absolute atomic E-state index is 13.2. The van der Waals surface area contributed by atoms with Gasteiger partial charge >= 0.3 is 5.97 Å². The number of pyridine rings is 1. The minimum Gasteiger partial charge on any atom is -0.481 e. The predicted molar refractivity (Wildman–Crippen MR) is 97.3 cm³/mol. The van der Waals surface area contributed by atoms with Gasteiger partial charge in [-0.1, -0.05) is 0 Å². The Bertz CT molecular complexity index is 1010. The van der Waals surface area contributed by atoms with Crippen molar-refractivity contribution in [3.05, 3.63) is 36.2 Å². The van der Waals surface area contributed by atoms with Crippen molar-refractivity contribution in [2.75, 3.05) is 13.1 Å². The Morgan fingerprint density at radius 3 is 2.81 bits per heavy atom. The minimum absolute atomic E-state index is 0.0768. The molecule has 3 aromatic heterocycles. The van der Waals surface area contributed by atoms with Crippen molar-refractivity contribution < 1.29 is 19.1 Å². The van der Waals surface area contributed by atoms with Crippen LogP contribution in [0.25, 0.3) is 22.5 Å². The Morgan fingerprint density at radius 1 is 1.37 bits per heavy atom. The fourth-order valence-corrected chi connectivity index (χ4v) is 3.44. The number of hydrogen-bond donors (Lipinski definition) is 1. The number of carbonyl (C=O) groups is 2. The smallest absolute Gasteiger partial charge is 0.308 e. The van der Waals surface area contributed by atoms with E-state index in [1.54, 1.807) is 40.2 Å². The second-order valence-electron chi connectivity index (χ2n) is 7.03. The standard InChI is InChI=1S/C19H20N4O4/c1-11(2)23-17-14(9-20-23)13(8-15(21-17)16-4-3-7-27-16)18(24)22-6-5-12(10-22)19(25)26/h3-4,7-9,11-12H,5-6,10H2,1-2H3,(H,25,26). The highest BCUT2D eigenvalue weighted by Gasteiger charge is 2.32. The first-order valence-corrected chi connectivity index (χ1v) is 8.90. The van der Waals surface area contributed by atoms with E-state index in [4.69, 9.17) is 4.42 Å². The van der Waals surface area contributed by atoms with E-state index in [0.717, 1.165) is 0 Å². The van der Waals surface area contributed by atoms with Crippen LogP contribution >= 0.6 is 0 Å². The first-order valence-electron chi connectivity index (χ1n) is 8.90. The molecule has 140 valence electrons. The van der Waals surface area contributed by atoms with Crippen molar-refractivity contribution in [2.24, 2.45) is 5.92 Å². The van der Waals surface area contributed by atoms with Gasteiger partial charge in [-0.3, -0.25) is 9.59 Å². The summed E-state index contributed by atoms with van der Waals surface area (Å²) in [5.41, 5.74) is 1.62. The molecule has 1 amide bonds. The molecular weight excluding hydrogens is 348 g/mol. The van der Waals surface area contributed by atoms with Crippen molar-refractivity contribution >= 4 is 22.9 Å². The second-order valence-corrected chi connectivity index (χ2v) is 7.03. The lowest BCUT2D eigenvalue weighted by Gasteiger charge is -2.17. The fourth-order valence-electron chi connectivity index (χ4n) is 3.44. The third kappa shape index (κ3) is 2.97. The zero-order chi connectivity index (χ0) is 19.1. The molecule has 4 rings (SSSR count). The summed E-state index contributed by atoms with van der Waals surface area (Å²) in [7, 11) is 0. The first-order chi connectivity index (χ1) is 13.0. The van der Waals surface area contributed by atoms with Crippen LogP contribution in [0.5, 0.6) is 0 Å². The van der Waals surface area contributed by atoms with Crippen LogP contribution in [0.1, 0.15) is 36.7 Å². The zero-order valence-electron chi connectivity index (χ0n) is 15.1. The molecule has 1 aliphatic heterocycles. The number of aliphatic carboxylic acids is 1. The lowest BCUT2D eigenvalue weighted by atomic mass is 10.1. The van der Waals surface area contributed by atoms with E-state index in [2.05, 4.69) is 10.1 Å². The third-order valence-electron chi connectivity index (χ3n) is 4.88. The van der Waals surface area contributed by atoms with Gasteiger partial charge in [0, 0.05) is 19.1 Å². The molecule has 0 saturated carbocycles. The second kappa shape index (κ2) is 6.53. The fraction of sp³-hybridized carbons (Fsp3) is 0.368. The lowest BCUT2D eigenvalue weighted by Crippen LogP contribution is -2.30. The summed E-state index contributed by atoms with van der Waals surface area (Å²) in [5, 5.41) is 14.3. The van der Waals surface area contributed by atoms with Crippen LogP contribution in [0.4, 0.5) is 0 Å². The van der Waals surface area contributed by atoms with Gasteiger partial charge in [0.05, 0.1) is 29.3 Å². The van der Waals surface area contributed by atoms with Gasteiger partial charge in [-0.15, -0.1) is 0 Å². The molecule has 3 aromatic rings. The normalized spacial score (nSPS) is 17.1. The average Bonchev–Trinajstić information content (AvgIpc) is 3.39. The number of furan rings is 1. The molecule has 0 radical (unpaired) electrons. The number of nitrogens with zero attached hydrogens (tertiary/aromatic N) is 4. The highest BCUT2D eigenvalue weighted by molar-refractivity contribution is 6.06. The monoisotopic (exact) mass is 368 g/mol. The molecule has 1 atom stereocenters. The van der Waals surface area contributed by atoms with Gasteiger partial charge in [0.1, 0.15) is 5.69 Å². The van der Waals surface area contributed by atoms with Crippen LogP contribution < -0.4 is 0 Å². The van der Waals surface area contributed by atoms with Gasteiger partial charge in [-0.25, -0.2) is 9.67 Å². The van der Waals surface area contributed by atoms with E-state index in [9.17, 15) is 14.7 Å². The number of carboxylic acids is 1. The molecule has 8 nitrogen and oxygen atoms in total. The van der Waals surface area contributed by atoms with E-state index in [1.165, 1.54) is 0 Å². The SMILES string of the molecule is CC(C)n1ncc2c(C(=O)N3CCC(C(=O)O)C3)cc(-c3ccco3)nc21. The minimum atomic E-state index is -0.867. The Balaban J connectivity index is 1.81. The van der Waals surface area contributed by atoms with E-state index < -0.39 is 11.9 Å². The molecule has 1 saturated heterocycles.